The zero-order valence-electron chi connectivity index (χ0n) is 13.1. The van der Waals surface area contributed by atoms with Gasteiger partial charge in [-0.25, -0.2) is 4.39 Å². The van der Waals surface area contributed by atoms with Crippen molar-refractivity contribution in [3.8, 4) is 0 Å². The summed E-state index contributed by atoms with van der Waals surface area (Å²) in [5, 5.41) is 4.13. The van der Waals surface area contributed by atoms with Gasteiger partial charge in [0.1, 0.15) is 5.82 Å². The van der Waals surface area contributed by atoms with Crippen LogP contribution in [-0.2, 0) is 10.0 Å². The van der Waals surface area contributed by atoms with Crippen LogP contribution < -0.4 is 10.1 Å². The summed E-state index contributed by atoms with van der Waals surface area (Å²) in [6.45, 7) is 1.44. The van der Waals surface area contributed by atoms with Crippen LogP contribution >= 0.6 is 11.6 Å². The largest absolute Gasteiger partial charge is 0.516 e. The molecule has 0 spiro atoms. The number of nitrogens with zero attached hydrogens (tertiary/aromatic N) is 1. The second-order valence-electron chi connectivity index (χ2n) is 5.06. The molecule has 2 rings (SSSR count). The molecule has 2 aromatic rings. The van der Waals surface area contributed by atoms with Gasteiger partial charge in [-0.2, -0.15) is 26.7 Å². The maximum Gasteiger partial charge on any atom is 0.516 e. The Kier molecular flexibility index (Phi) is 5.77. The van der Waals surface area contributed by atoms with Crippen LogP contribution in [0.3, 0.4) is 0 Å². The zero-order valence-corrected chi connectivity index (χ0v) is 14.7. The van der Waals surface area contributed by atoms with Crippen molar-refractivity contribution in [2.45, 2.75) is 12.4 Å². The van der Waals surface area contributed by atoms with Crippen LogP contribution in [0.4, 0.5) is 28.9 Å². The number of anilines is 2. The standard InChI is InChI=1S/C15H12ClF4N3O2S/c1-9(21-22-12-5-3-11(17)4-6-12)13-8-10(16)2-7-14(13)23-26(24,25)15(18,19)20/h2-8,22-23H,1H3/b21-9+. The van der Waals surface area contributed by atoms with Crippen molar-refractivity contribution < 1.29 is 26.0 Å². The maximum atomic E-state index is 12.9. The molecule has 0 bridgehead atoms. The zero-order chi connectivity index (χ0) is 19.5. The quantitative estimate of drug-likeness (QED) is 0.431. The number of hydrogen-bond donors (Lipinski definition) is 2. The lowest BCUT2D eigenvalue weighted by atomic mass is 10.1. The average Bonchev–Trinajstić information content (AvgIpc) is 2.54. The number of sulfonamides is 1. The second kappa shape index (κ2) is 7.50. The van der Waals surface area contributed by atoms with E-state index in [1.165, 1.54) is 48.0 Å². The molecular weight excluding hydrogens is 398 g/mol. The Morgan fingerprint density at radius 2 is 1.73 bits per heavy atom. The van der Waals surface area contributed by atoms with Crippen LogP contribution in [0, 0.1) is 5.82 Å². The SMILES string of the molecule is C/C(=N\Nc1ccc(F)cc1)c1cc(Cl)ccc1NS(=O)(=O)C(F)(F)F. The third-order valence-electron chi connectivity index (χ3n) is 3.12. The number of hydrazone groups is 1. The molecule has 0 fully saturated rings. The molecule has 0 aromatic heterocycles. The van der Waals surface area contributed by atoms with Crippen molar-refractivity contribution in [2.24, 2.45) is 5.10 Å². The van der Waals surface area contributed by atoms with E-state index in [1.54, 1.807) is 0 Å². The van der Waals surface area contributed by atoms with Crippen LogP contribution in [0.15, 0.2) is 47.6 Å². The van der Waals surface area contributed by atoms with Crippen molar-refractivity contribution in [2.75, 3.05) is 10.1 Å². The number of nitrogens with one attached hydrogen (secondary N) is 2. The molecule has 2 N–H and O–H groups in total. The third kappa shape index (κ3) is 4.85. The summed E-state index contributed by atoms with van der Waals surface area (Å²) in [4.78, 5) is 0. The monoisotopic (exact) mass is 409 g/mol. The normalized spacial score (nSPS) is 12.8. The topological polar surface area (TPSA) is 70.6 Å². The molecule has 0 heterocycles. The number of hydrogen-bond acceptors (Lipinski definition) is 4. The van der Waals surface area contributed by atoms with Gasteiger partial charge in [0, 0.05) is 10.6 Å². The number of halogens is 5. The van der Waals surface area contributed by atoms with E-state index in [9.17, 15) is 26.0 Å². The van der Waals surface area contributed by atoms with Gasteiger partial charge in [0.15, 0.2) is 0 Å². The smallest absolute Gasteiger partial charge is 0.278 e. The van der Waals surface area contributed by atoms with Crippen LogP contribution in [0.1, 0.15) is 12.5 Å². The van der Waals surface area contributed by atoms with Crippen molar-refractivity contribution in [3.63, 3.8) is 0 Å². The fourth-order valence-electron chi connectivity index (χ4n) is 1.84. The van der Waals surface area contributed by atoms with E-state index >= 15 is 0 Å². The lowest BCUT2D eigenvalue weighted by molar-refractivity contribution is -0.0429. The van der Waals surface area contributed by atoms with E-state index in [4.69, 9.17) is 11.6 Å². The molecule has 0 aliphatic carbocycles. The summed E-state index contributed by atoms with van der Waals surface area (Å²) in [6, 6.07) is 8.78. The molecule has 0 aliphatic heterocycles. The molecule has 11 heteroatoms. The highest BCUT2D eigenvalue weighted by Gasteiger charge is 2.46. The minimum absolute atomic E-state index is 0.0416. The second-order valence-corrected chi connectivity index (χ2v) is 7.17. The van der Waals surface area contributed by atoms with Gasteiger partial charge in [0.25, 0.3) is 0 Å². The number of benzene rings is 2. The van der Waals surface area contributed by atoms with Crippen LogP contribution in [-0.4, -0.2) is 19.6 Å². The fraction of sp³-hybridized carbons (Fsp3) is 0.133. The molecule has 5 nitrogen and oxygen atoms in total. The van der Waals surface area contributed by atoms with Gasteiger partial charge in [0.2, 0.25) is 0 Å². The molecule has 0 saturated heterocycles. The van der Waals surface area contributed by atoms with Gasteiger partial charge in [-0.05, 0) is 49.4 Å². The van der Waals surface area contributed by atoms with Crippen molar-refractivity contribution in [1.29, 1.82) is 0 Å². The fourth-order valence-corrected chi connectivity index (χ4v) is 2.60. The van der Waals surface area contributed by atoms with E-state index < -0.39 is 21.3 Å². The highest BCUT2D eigenvalue weighted by Crippen LogP contribution is 2.28. The molecule has 0 unspecified atom stereocenters. The van der Waals surface area contributed by atoms with Gasteiger partial charge >= 0.3 is 15.5 Å². The lowest BCUT2D eigenvalue weighted by Gasteiger charge is -2.14. The first-order valence-corrected chi connectivity index (χ1v) is 8.80. The summed E-state index contributed by atoms with van der Waals surface area (Å²) in [6.07, 6.45) is 0. The Morgan fingerprint density at radius 3 is 2.31 bits per heavy atom. The highest BCUT2D eigenvalue weighted by molar-refractivity contribution is 7.93. The van der Waals surface area contributed by atoms with E-state index in [0.717, 1.165) is 6.07 Å². The summed E-state index contributed by atoms with van der Waals surface area (Å²) in [5.41, 5.74) is -2.61. The van der Waals surface area contributed by atoms with E-state index in [-0.39, 0.29) is 22.0 Å². The predicted molar refractivity (Wildman–Crippen MR) is 92.3 cm³/mol. The number of rotatable bonds is 5. The van der Waals surface area contributed by atoms with Crippen molar-refractivity contribution >= 4 is 38.7 Å². The third-order valence-corrected chi connectivity index (χ3v) is 4.45. The first kappa shape index (κ1) is 20.0. The first-order chi connectivity index (χ1) is 12.0. The van der Waals surface area contributed by atoms with Gasteiger partial charge in [-0.1, -0.05) is 11.6 Å². The Labute approximate surface area is 151 Å². The van der Waals surface area contributed by atoms with Crippen LogP contribution in [0.2, 0.25) is 5.02 Å². The van der Waals surface area contributed by atoms with Gasteiger partial charge in [0.05, 0.1) is 17.1 Å². The summed E-state index contributed by atoms with van der Waals surface area (Å²) >= 11 is 5.84. The average molecular weight is 410 g/mol. The Bertz CT molecular complexity index is 929. The van der Waals surface area contributed by atoms with Gasteiger partial charge in [-0.3, -0.25) is 10.1 Å². The van der Waals surface area contributed by atoms with E-state index in [2.05, 4.69) is 10.5 Å². The molecule has 0 saturated carbocycles. The summed E-state index contributed by atoms with van der Waals surface area (Å²) in [7, 11) is -5.60. The molecular formula is C15H12ClF4N3O2S. The van der Waals surface area contributed by atoms with E-state index in [0.29, 0.717) is 5.69 Å². The minimum Gasteiger partial charge on any atom is -0.278 e. The molecule has 0 radical (unpaired) electrons. The Balaban J connectivity index is 2.34. The Morgan fingerprint density at radius 1 is 1.12 bits per heavy atom. The molecule has 140 valence electrons. The Hall–Kier alpha value is -2.33. The van der Waals surface area contributed by atoms with Crippen LogP contribution in [0.5, 0.6) is 0 Å². The van der Waals surface area contributed by atoms with Gasteiger partial charge < -0.3 is 0 Å². The number of alkyl halides is 3. The molecule has 2 aromatic carbocycles. The molecule has 26 heavy (non-hydrogen) atoms. The van der Waals surface area contributed by atoms with E-state index in [1.807, 2.05) is 0 Å². The van der Waals surface area contributed by atoms with Crippen molar-refractivity contribution in [3.05, 3.63) is 58.9 Å². The molecule has 0 amide bonds. The summed E-state index contributed by atoms with van der Waals surface area (Å²) < 4.78 is 74.8. The van der Waals surface area contributed by atoms with Gasteiger partial charge in [-0.15, -0.1) is 0 Å². The molecule has 0 aliphatic rings. The molecule has 0 atom stereocenters. The summed E-state index contributed by atoms with van der Waals surface area (Å²) in [5.74, 6) is -0.449. The highest BCUT2D eigenvalue weighted by atomic mass is 35.5. The predicted octanol–water partition coefficient (Wildman–Crippen LogP) is 4.58. The minimum atomic E-state index is -5.60. The maximum absolute atomic E-state index is 12.9. The van der Waals surface area contributed by atoms with Crippen LogP contribution in [0.25, 0.3) is 0 Å². The first-order valence-electron chi connectivity index (χ1n) is 6.94. The van der Waals surface area contributed by atoms with Crippen molar-refractivity contribution in [1.82, 2.24) is 0 Å². The lowest BCUT2D eigenvalue weighted by Crippen LogP contribution is -2.30.